The average Bonchev–Trinajstić information content (AvgIpc) is 3.18. The fraction of sp³-hybridized carbons (Fsp3) is 0.385. The Morgan fingerprint density at radius 1 is 1.12 bits per heavy atom. The minimum absolute atomic E-state index is 0.0388. The molecule has 0 atom stereocenters. The second-order valence-corrected chi connectivity index (χ2v) is 8.66. The summed E-state index contributed by atoms with van der Waals surface area (Å²) in [7, 11) is 1.38. The molecule has 0 saturated carbocycles. The molecule has 0 unspecified atom stereocenters. The molecule has 0 aliphatic carbocycles. The van der Waals surface area contributed by atoms with Crippen LogP contribution < -0.4 is 0 Å². The van der Waals surface area contributed by atoms with Crippen LogP contribution in [0.4, 0.5) is 0 Å². The molecular weight excluding hydrogens is 402 g/mol. The van der Waals surface area contributed by atoms with Crippen molar-refractivity contribution < 1.29 is 14.3 Å². The zero-order chi connectivity index (χ0) is 22.8. The van der Waals surface area contributed by atoms with Crippen LogP contribution in [0.25, 0.3) is 10.9 Å². The van der Waals surface area contributed by atoms with E-state index >= 15 is 0 Å². The minimum Gasteiger partial charge on any atom is -0.465 e. The van der Waals surface area contributed by atoms with Crippen molar-refractivity contribution in [3.05, 3.63) is 70.4 Å². The van der Waals surface area contributed by atoms with Gasteiger partial charge in [0.15, 0.2) is 0 Å². The Hall–Kier alpha value is -3.12. The molecule has 1 aliphatic rings. The van der Waals surface area contributed by atoms with E-state index in [1.54, 1.807) is 6.07 Å². The molecule has 4 rings (SSSR count). The van der Waals surface area contributed by atoms with Crippen molar-refractivity contribution in [2.24, 2.45) is 0 Å². The number of methoxy groups -OCH3 is 1. The Morgan fingerprint density at radius 3 is 2.50 bits per heavy atom. The van der Waals surface area contributed by atoms with E-state index in [1.807, 2.05) is 29.2 Å². The molecule has 0 saturated heterocycles. The summed E-state index contributed by atoms with van der Waals surface area (Å²) in [5.74, 6) is -0.318. The number of H-pyrrole nitrogens is 1. The second kappa shape index (κ2) is 9.17. The van der Waals surface area contributed by atoms with Crippen molar-refractivity contribution in [1.82, 2.24) is 14.8 Å². The largest absolute Gasteiger partial charge is 0.465 e. The first-order valence-corrected chi connectivity index (χ1v) is 11.2. The molecule has 2 aromatic carbocycles. The number of nitrogens with one attached hydrogen (secondary N) is 1. The number of ether oxygens (including phenoxy) is 1. The van der Waals surface area contributed by atoms with Gasteiger partial charge in [-0.25, -0.2) is 4.79 Å². The Bertz CT molecular complexity index is 1130. The van der Waals surface area contributed by atoms with Crippen LogP contribution in [-0.4, -0.2) is 52.9 Å². The maximum Gasteiger partial charge on any atom is 0.337 e. The maximum atomic E-state index is 13.2. The molecule has 1 N–H and O–H groups in total. The summed E-state index contributed by atoms with van der Waals surface area (Å²) in [4.78, 5) is 32.9. The Kier molecular flexibility index (Phi) is 6.33. The quantitative estimate of drug-likeness (QED) is 0.586. The summed E-state index contributed by atoms with van der Waals surface area (Å²) < 4.78 is 4.86. The third-order valence-electron chi connectivity index (χ3n) is 6.41. The topological polar surface area (TPSA) is 65.6 Å². The van der Waals surface area contributed by atoms with Crippen LogP contribution in [0, 0.1) is 0 Å². The maximum absolute atomic E-state index is 13.2. The van der Waals surface area contributed by atoms with Crippen LogP contribution in [0.3, 0.4) is 0 Å². The van der Waals surface area contributed by atoms with Crippen LogP contribution in [-0.2, 0) is 24.2 Å². The monoisotopic (exact) mass is 433 g/mol. The number of esters is 1. The van der Waals surface area contributed by atoms with Gasteiger partial charge in [0, 0.05) is 59.8 Å². The van der Waals surface area contributed by atoms with Crippen molar-refractivity contribution in [3.8, 4) is 0 Å². The predicted molar refractivity (Wildman–Crippen MR) is 126 cm³/mol. The molecule has 6 nitrogen and oxygen atoms in total. The third-order valence-corrected chi connectivity index (χ3v) is 6.41. The summed E-state index contributed by atoms with van der Waals surface area (Å²) >= 11 is 0. The van der Waals surface area contributed by atoms with Crippen molar-refractivity contribution in [2.45, 2.75) is 46.3 Å². The van der Waals surface area contributed by atoms with E-state index in [0.717, 1.165) is 41.7 Å². The zero-order valence-electron chi connectivity index (χ0n) is 19.3. The number of carbonyl (C=O) groups is 2. The number of hydrogen-bond acceptors (Lipinski definition) is 4. The first-order chi connectivity index (χ1) is 15.4. The van der Waals surface area contributed by atoms with Crippen molar-refractivity contribution >= 4 is 22.8 Å². The molecule has 1 aliphatic heterocycles. The lowest BCUT2D eigenvalue weighted by molar-refractivity contribution is 0.0600. The predicted octanol–water partition coefficient (Wildman–Crippen LogP) is 4.38. The van der Waals surface area contributed by atoms with Crippen LogP contribution >= 0.6 is 0 Å². The smallest absolute Gasteiger partial charge is 0.337 e. The fourth-order valence-electron chi connectivity index (χ4n) is 4.46. The normalized spacial score (nSPS) is 13.6. The van der Waals surface area contributed by atoms with Gasteiger partial charge in [0.2, 0.25) is 0 Å². The van der Waals surface area contributed by atoms with E-state index < -0.39 is 0 Å². The number of carbonyl (C=O) groups excluding carboxylic acids is 2. The molecular formula is C26H31N3O3. The van der Waals surface area contributed by atoms with Gasteiger partial charge in [-0.1, -0.05) is 19.1 Å². The molecule has 6 heteroatoms. The Balaban J connectivity index is 1.52. The summed E-state index contributed by atoms with van der Waals surface area (Å²) in [6, 6.07) is 14.0. The van der Waals surface area contributed by atoms with Crippen molar-refractivity contribution in [1.29, 1.82) is 0 Å². The van der Waals surface area contributed by atoms with Gasteiger partial charge in [-0.15, -0.1) is 0 Å². The van der Waals surface area contributed by atoms with Crippen LogP contribution in [0.1, 0.15) is 58.3 Å². The van der Waals surface area contributed by atoms with Crippen LogP contribution in [0.2, 0.25) is 0 Å². The number of aromatic amines is 1. The highest BCUT2D eigenvalue weighted by molar-refractivity contribution is 5.97. The fourth-order valence-corrected chi connectivity index (χ4v) is 4.46. The van der Waals surface area contributed by atoms with E-state index in [1.165, 1.54) is 12.7 Å². The lowest BCUT2D eigenvalue weighted by Crippen LogP contribution is -2.35. The number of amides is 1. The van der Waals surface area contributed by atoms with Gasteiger partial charge in [-0.2, -0.15) is 0 Å². The SMILES string of the molecule is CCN(Cc1ccc(C(=O)N2CCc3[nH]c4ccc(C(=O)OC)cc4c3C2)cc1)C(C)C. The van der Waals surface area contributed by atoms with Gasteiger partial charge in [-0.05, 0) is 56.3 Å². The highest BCUT2D eigenvalue weighted by atomic mass is 16.5. The minimum atomic E-state index is -0.357. The van der Waals surface area contributed by atoms with Gasteiger partial charge in [-0.3, -0.25) is 9.69 Å². The van der Waals surface area contributed by atoms with E-state index in [9.17, 15) is 9.59 Å². The number of aromatic nitrogens is 1. The summed E-state index contributed by atoms with van der Waals surface area (Å²) in [5, 5.41) is 0.976. The number of hydrogen-bond donors (Lipinski definition) is 1. The van der Waals surface area contributed by atoms with Crippen LogP contribution in [0.5, 0.6) is 0 Å². The number of rotatable bonds is 6. The molecule has 0 spiro atoms. The first-order valence-electron chi connectivity index (χ1n) is 11.2. The van der Waals surface area contributed by atoms with E-state index in [2.05, 4.69) is 42.8 Å². The number of benzene rings is 2. The molecule has 3 aromatic rings. The molecule has 168 valence electrons. The molecule has 2 heterocycles. The molecule has 32 heavy (non-hydrogen) atoms. The third kappa shape index (κ3) is 4.28. The summed E-state index contributed by atoms with van der Waals surface area (Å²) in [6.07, 6.45) is 0.765. The Morgan fingerprint density at radius 2 is 1.84 bits per heavy atom. The van der Waals surface area contributed by atoms with Gasteiger partial charge >= 0.3 is 5.97 Å². The van der Waals surface area contributed by atoms with Crippen molar-refractivity contribution in [2.75, 3.05) is 20.2 Å². The second-order valence-electron chi connectivity index (χ2n) is 8.66. The highest BCUT2D eigenvalue weighted by Gasteiger charge is 2.25. The summed E-state index contributed by atoms with van der Waals surface area (Å²) in [6.45, 7) is 9.64. The highest BCUT2D eigenvalue weighted by Crippen LogP contribution is 2.29. The van der Waals surface area contributed by atoms with Gasteiger partial charge in [0.25, 0.3) is 5.91 Å². The van der Waals surface area contributed by atoms with E-state index in [4.69, 9.17) is 4.74 Å². The van der Waals surface area contributed by atoms with Crippen LogP contribution in [0.15, 0.2) is 42.5 Å². The number of fused-ring (bicyclic) bond motifs is 3. The summed E-state index contributed by atoms with van der Waals surface area (Å²) in [5.41, 5.74) is 5.63. The van der Waals surface area contributed by atoms with Gasteiger partial charge < -0.3 is 14.6 Å². The molecule has 0 radical (unpaired) electrons. The molecule has 1 amide bonds. The van der Waals surface area contributed by atoms with Gasteiger partial charge in [0.05, 0.1) is 12.7 Å². The zero-order valence-corrected chi connectivity index (χ0v) is 19.3. The average molecular weight is 434 g/mol. The van der Waals surface area contributed by atoms with E-state index in [0.29, 0.717) is 30.3 Å². The molecule has 0 bridgehead atoms. The standard InChI is InChI=1S/C26H31N3O3/c1-5-28(17(2)3)15-18-6-8-19(9-7-18)25(30)29-13-12-24-22(16-29)21-14-20(26(31)32-4)10-11-23(21)27-24/h6-11,14,17,27H,5,12-13,15-16H2,1-4H3. The Labute approximate surface area is 189 Å². The van der Waals surface area contributed by atoms with Gasteiger partial charge in [0.1, 0.15) is 0 Å². The van der Waals surface area contributed by atoms with Crippen molar-refractivity contribution in [3.63, 3.8) is 0 Å². The molecule has 0 fully saturated rings. The number of nitrogens with zero attached hydrogens (tertiary/aromatic N) is 2. The lowest BCUT2D eigenvalue weighted by Gasteiger charge is -2.28. The first kappa shape index (κ1) is 22.1. The molecule has 1 aromatic heterocycles. The van der Waals surface area contributed by atoms with E-state index in [-0.39, 0.29) is 11.9 Å². The lowest BCUT2D eigenvalue weighted by atomic mass is 10.0.